The Morgan fingerprint density at radius 1 is 1.30 bits per heavy atom. The van der Waals surface area contributed by atoms with E-state index >= 15 is 0 Å². The number of esters is 1. The minimum atomic E-state index is -1.15. The number of carbonyl (C=O) groups is 3. The summed E-state index contributed by atoms with van der Waals surface area (Å²) >= 11 is 0. The summed E-state index contributed by atoms with van der Waals surface area (Å²) in [5.41, 5.74) is 0. The van der Waals surface area contributed by atoms with Gasteiger partial charge in [0, 0.05) is 26.7 Å². The number of hydrogen-bond donors (Lipinski definition) is 2. The largest absolute Gasteiger partial charge is 0.480 e. The zero-order valence-electron chi connectivity index (χ0n) is 12.0. The number of nitrogens with one attached hydrogen (secondary N) is 1. The van der Waals surface area contributed by atoms with Gasteiger partial charge in [-0.15, -0.1) is 0 Å². The van der Waals surface area contributed by atoms with Crippen LogP contribution in [0.15, 0.2) is 0 Å². The molecular weight excluding hydrogens is 268 g/mol. The second-order valence-electron chi connectivity index (χ2n) is 4.12. The third kappa shape index (κ3) is 6.93. The Hall–Kier alpha value is -1.83. The number of nitrogens with zero attached hydrogens (tertiary/aromatic N) is 1. The van der Waals surface area contributed by atoms with Crippen molar-refractivity contribution in [2.24, 2.45) is 0 Å². The van der Waals surface area contributed by atoms with Gasteiger partial charge in [-0.25, -0.2) is 9.59 Å². The molecule has 0 aromatic carbocycles. The van der Waals surface area contributed by atoms with Crippen LogP contribution < -0.4 is 5.32 Å². The molecule has 0 saturated heterocycles. The first-order chi connectivity index (χ1) is 9.46. The molecule has 116 valence electrons. The minimum Gasteiger partial charge on any atom is -0.480 e. The lowest BCUT2D eigenvalue weighted by Gasteiger charge is -2.23. The second-order valence-corrected chi connectivity index (χ2v) is 4.12. The molecule has 2 amide bonds. The molecule has 0 aliphatic heterocycles. The van der Waals surface area contributed by atoms with E-state index in [2.05, 4.69) is 10.1 Å². The fraction of sp³-hybridized carbons (Fsp3) is 0.750. The Labute approximate surface area is 118 Å². The molecule has 0 bridgehead atoms. The number of urea groups is 1. The summed E-state index contributed by atoms with van der Waals surface area (Å²) in [6, 6.07) is -1.67. The van der Waals surface area contributed by atoms with Crippen LogP contribution in [0.2, 0.25) is 0 Å². The molecule has 0 saturated carbocycles. The molecule has 0 rings (SSSR count). The fourth-order valence-corrected chi connectivity index (χ4v) is 1.48. The number of hydrogen-bond acceptors (Lipinski definition) is 5. The van der Waals surface area contributed by atoms with E-state index < -0.39 is 24.0 Å². The van der Waals surface area contributed by atoms with Crippen LogP contribution in [0.25, 0.3) is 0 Å². The second kappa shape index (κ2) is 10.0. The summed E-state index contributed by atoms with van der Waals surface area (Å²) in [4.78, 5) is 35.4. The van der Waals surface area contributed by atoms with E-state index in [0.717, 1.165) is 0 Å². The number of carbonyl (C=O) groups excluding carboxylic acids is 2. The van der Waals surface area contributed by atoms with Crippen molar-refractivity contribution in [1.29, 1.82) is 0 Å². The van der Waals surface area contributed by atoms with Crippen LogP contribution in [0, 0.1) is 0 Å². The van der Waals surface area contributed by atoms with Gasteiger partial charge in [-0.2, -0.15) is 0 Å². The summed E-state index contributed by atoms with van der Waals surface area (Å²) in [7, 11) is 2.67. The Morgan fingerprint density at radius 3 is 2.40 bits per heavy atom. The van der Waals surface area contributed by atoms with Crippen LogP contribution >= 0.6 is 0 Å². The van der Waals surface area contributed by atoms with E-state index in [-0.39, 0.29) is 19.6 Å². The normalized spacial score (nSPS) is 11.6. The van der Waals surface area contributed by atoms with Crippen LogP contribution in [-0.4, -0.2) is 67.9 Å². The highest BCUT2D eigenvalue weighted by atomic mass is 16.5. The standard InChI is InChI=1S/C12H22N2O6/c1-4-6-14(8-10(15)20-3)12(18)13-9(11(16)17)5-7-19-2/h9H,4-8H2,1-3H3,(H,13,18)(H,16,17). The minimum absolute atomic E-state index is 0.149. The van der Waals surface area contributed by atoms with Crippen LogP contribution in [0.1, 0.15) is 19.8 Å². The molecule has 8 heteroatoms. The first-order valence-electron chi connectivity index (χ1n) is 6.30. The van der Waals surface area contributed by atoms with E-state index in [0.29, 0.717) is 13.0 Å². The summed E-state index contributed by atoms with van der Waals surface area (Å²) < 4.78 is 9.29. The molecule has 0 heterocycles. The lowest BCUT2D eigenvalue weighted by Crippen LogP contribution is -2.50. The molecule has 0 aliphatic carbocycles. The molecule has 8 nitrogen and oxygen atoms in total. The molecule has 2 N–H and O–H groups in total. The average Bonchev–Trinajstić information content (AvgIpc) is 2.42. The Kier molecular flexibility index (Phi) is 9.10. The molecule has 0 fully saturated rings. The molecule has 0 spiro atoms. The third-order valence-electron chi connectivity index (χ3n) is 2.53. The summed E-state index contributed by atoms with van der Waals surface area (Å²) in [6.07, 6.45) is 0.788. The number of methoxy groups -OCH3 is 2. The Bertz CT molecular complexity index is 334. The number of carboxylic acid groups (broad SMARTS) is 1. The van der Waals surface area contributed by atoms with Gasteiger partial charge in [0.2, 0.25) is 0 Å². The maximum absolute atomic E-state index is 12.0. The van der Waals surface area contributed by atoms with Gasteiger partial charge in [-0.1, -0.05) is 6.92 Å². The van der Waals surface area contributed by atoms with E-state index in [9.17, 15) is 14.4 Å². The van der Waals surface area contributed by atoms with Crippen LogP contribution in [-0.2, 0) is 19.1 Å². The highest BCUT2D eigenvalue weighted by Gasteiger charge is 2.24. The highest BCUT2D eigenvalue weighted by Crippen LogP contribution is 1.99. The van der Waals surface area contributed by atoms with Crippen molar-refractivity contribution >= 4 is 18.0 Å². The average molecular weight is 290 g/mol. The molecule has 0 aromatic rings. The number of carboxylic acids is 1. The predicted molar refractivity (Wildman–Crippen MR) is 70.3 cm³/mol. The lowest BCUT2D eigenvalue weighted by atomic mass is 10.2. The van der Waals surface area contributed by atoms with Gasteiger partial charge >= 0.3 is 18.0 Å². The molecule has 0 aromatic heterocycles. The molecule has 0 radical (unpaired) electrons. The first-order valence-corrected chi connectivity index (χ1v) is 6.30. The van der Waals surface area contributed by atoms with Crippen molar-refractivity contribution in [2.75, 3.05) is 33.9 Å². The lowest BCUT2D eigenvalue weighted by molar-refractivity contribution is -0.141. The number of rotatable bonds is 9. The van der Waals surface area contributed by atoms with Crippen molar-refractivity contribution in [3.05, 3.63) is 0 Å². The summed E-state index contributed by atoms with van der Waals surface area (Å²) in [6.45, 7) is 2.17. The summed E-state index contributed by atoms with van der Waals surface area (Å²) in [5.74, 6) is -1.71. The van der Waals surface area contributed by atoms with Gasteiger partial charge in [0.05, 0.1) is 7.11 Å². The van der Waals surface area contributed by atoms with Gasteiger partial charge in [-0.3, -0.25) is 4.79 Å². The van der Waals surface area contributed by atoms with Crippen molar-refractivity contribution in [2.45, 2.75) is 25.8 Å². The molecule has 1 atom stereocenters. The smallest absolute Gasteiger partial charge is 0.326 e. The van der Waals surface area contributed by atoms with Gasteiger partial charge in [0.1, 0.15) is 12.6 Å². The molecule has 20 heavy (non-hydrogen) atoms. The van der Waals surface area contributed by atoms with Gasteiger partial charge < -0.3 is 24.8 Å². The molecule has 1 unspecified atom stereocenters. The first kappa shape index (κ1) is 18.2. The number of amides is 2. The zero-order chi connectivity index (χ0) is 15.5. The van der Waals surface area contributed by atoms with Gasteiger partial charge in [0.25, 0.3) is 0 Å². The fourth-order valence-electron chi connectivity index (χ4n) is 1.48. The molecular formula is C12H22N2O6. The zero-order valence-corrected chi connectivity index (χ0v) is 12.0. The maximum Gasteiger partial charge on any atom is 0.326 e. The van der Waals surface area contributed by atoms with Crippen molar-refractivity contribution in [3.8, 4) is 0 Å². The van der Waals surface area contributed by atoms with Crippen LogP contribution in [0.3, 0.4) is 0 Å². The number of ether oxygens (including phenoxy) is 2. The quantitative estimate of drug-likeness (QED) is 0.582. The van der Waals surface area contributed by atoms with Gasteiger partial charge in [-0.05, 0) is 6.42 Å². The van der Waals surface area contributed by atoms with Gasteiger partial charge in [0.15, 0.2) is 0 Å². The van der Waals surface area contributed by atoms with E-state index in [1.54, 1.807) is 0 Å². The molecule has 0 aliphatic rings. The highest BCUT2D eigenvalue weighted by molar-refractivity contribution is 5.85. The SMILES string of the molecule is CCCN(CC(=O)OC)C(=O)NC(CCOC)C(=O)O. The van der Waals surface area contributed by atoms with Crippen molar-refractivity contribution in [1.82, 2.24) is 10.2 Å². The van der Waals surface area contributed by atoms with Crippen molar-refractivity contribution in [3.63, 3.8) is 0 Å². The summed E-state index contributed by atoms with van der Waals surface area (Å²) in [5, 5.41) is 11.4. The van der Waals surface area contributed by atoms with Crippen LogP contribution in [0.5, 0.6) is 0 Å². The predicted octanol–water partition coefficient (Wildman–Crippen LogP) is 0.0707. The monoisotopic (exact) mass is 290 g/mol. The number of aliphatic carboxylic acids is 1. The Morgan fingerprint density at radius 2 is 1.95 bits per heavy atom. The van der Waals surface area contributed by atoms with Crippen molar-refractivity contribution < 1.29 is 29.0 Å². The van der Waals surface area contributed by atoms with E-state index in [1.165, 1.54) is 19.1 Å². The maximum atomic E-state index is 12.0. The van der Waals surface area contributed by atoms with Crippen LogP contribution in [0.4, 0.5) is 4.79 Å². The van der Waals surface area contributed by atoms with E-state index in [4.69, 9.17) is 9.84 Å². The Balaban J connectivity index is 4.61. The topological polar surface area (TPSA) is 105 Å². The third-order valence-corrected chi connectivity index (χ3v) is 2.53. The van der Waals surface area contributed by atoms with E-state index in [1.807, 2.05) is 6.92 Å².